The van der Waals surface area contributed by atoms with Crippen LogP contribution < -0.4 is 10.6 Å². The first kappa shape index (κ1) is 14.0. The Bertz CT molecular complexity index is 612. The molecule has 0 amide bonds. The zero-order valence-electron chi connectivity index (χ0n) is 10.3. The Morgan fingerprint density at radius 1 is 1.53 bits per heavy atom. The van der Waals surface area contributed by atoms with Crippen LogP contribution in [0.4, 0.5) is 10.1 Å². The van der Waals surface area contributed by atoms with Gasteiger partial charge in [0, 0.05) is 13.6 Å². The van der Waals surface area contributed by atoms with Crippen molar-refractivity contribution in [2.24, 2.45) is 5.73 Å². The Morgan fingerprint density at radius 2 is 2.26 bits per heavy atom. The van der Waals surface area contributed by atoms with E-state index in [0.717, 1.165) is 9.35 Å². The van der Waals surface area contributed by atoms with Crippen molar-refractivity contribution in [3.05, 3.63) is 50.4 Å². The van der Waals surface area contributed by atoms with Crippen molar-refractivity contribution >= 4 is 38.8 Å². The van der Waals surface area contributed by atoms with E-state index in [1.165, 1.54) is 6.07 Å². The molecule has 1 aromatic carbocycles. The number of benzene rings is 1. The van der Waals surface area contributed by atoms with Crippen molar-refractivity contribution in [2.45, 2.75) is 6.54 Å². The third kappa shape index (κ3) is 3.13. The van der Waals surface area contributed by atoms with Gasteiger partial charge in [0.1, 0.15) is 11.7 Å². The van der Waals surface area contributed by atoms with Gasteiger partial charge in [-0.25, -0.2) is 4.39 Å². The zero-order chi connectivity index (χ0) is 14.0. The van der Waals surface area contributed by atoms with E-state index in [0.29, 0.717) is 12.2 Å². The molecule has 3 nitrogen and oxygen atoms in total. The summed E-state index contributed by atoms with van der Waals surface area (Å²) in [4.78, 5) is 1.88. The van der Waals surface area contributed by atoms with Crippen LogP contribution in [0.3, 0.4) is 0 Å². The van der Waals surface area contributed by atoms with E-state index < -0.39 is 5.82 Å². The number of nitrogens with zero attached hydrogens (tertiary/aromatic N) is 1. The van der Waals surface area contributed by atoms with Gasteiger partial charge in [0.2, 0.25) is 0 Å². The van der Waals surface area contributed by atoms with Crippen LogP contribution in [0.1, 0.15) is 11.1 Å². The highest BCUT2D eigenvalue weighted by atomic mass is 79.9. The number of anilines is 1. The molecule has 0 bridgehead atoms. The molecule has 0 saturated heterocycles. The number of hydrogen-bond acceptors (Lipinski definition) is 3. The minimum atomic E-state index is -0.469. The molecule has 19 heavy (non-hydrogen) atoms. The molecular weight excluding hydrogens is 329 g/mol. The van der Waals surface area contributed by atoms with Crippen molar-refractivity contribution in [3.8, 4) is 0 Å². The summed E-state index contributed by atoms with van der Waals surface area (Å²) >= 11 is 5.02. The molecule has 1 aromatic heterocycles. The van der Waals surface area contributed by atoms with Crippen LogP contribution in [-0.4, -0.2) is 12.9 Å². The average molecular weight is 342 g/mol. The second-order valence-corrected chi connectivity index (χ2v) is 6.45. The number of nitrogens with one attached hydrogen (secondary N) is 1. The number of nitrogen functional groups attached to an aromatic ring is 1. The lowest BCUT2D eigenvalue weighted by Crippen LogP contribution is -2.23. The molecule has 3 N–H and O–H groups in total. The van der Waals surface area contributed by atoms with Gasteiger partial charge in [0.15, 0.2) is 0 Å². The molecular formula is C13H13BrFN3S. The Hall–Kier alpha value is -1.40. The highest BCUT2D eigenvalue weighted by Crippen LogP contribution is 2.26. The van der Waals surface area contributed by atoms with E-state index in [-0.39, 0.29) is 11.4 Å². The van der Waals surface area contributed by atoms with Gasteiger partial charge in [-0.3, -0.25) is 5.41 Å². The largest absolute Gasteiger partial charge is 0.384 e. The summed E-state index contributed by atoms with van der Waals surface area (Å²) in [5, 5.41) is 9.53. The molecule has 2 aromatic rings. The lowest BCUT2D eigenvalue weighted by molar-refractivity contribution is 0.624. The van der Waals surface area contributed by atoms with Crippen molar-refractivity contribution in [2.75, 3.05) is 11.9 Å². The molecule has 0 aliphatic rings. The molecule has 6 heteroatoms. The average Bonchev–Trinajstić information content (AvgIpc) is 2.73. The van der Waals surface area contributed by atoms with Gasteiger partial charge in [-0.2, -0.15) is 0 Å². The maximum atomic E-state index is 13.8. The summed E-state index contributed by atoms with van der Waals surface area (Å²) in [6.45, 7) is 0.631. The van der Waals surface area contributed by atoms with Crippen molar-refractivity contribution in [1.82, 2.24) is 0 Å². The molecule has 0 radical (unpaired) electrons. The van der Waals surface area contributed by atoms with Crippen molar-refractivity contribution in [1.29, 1.82) is 5.41 Å². The third-order valence-corrected chi connectivity index (χ3v) is 4.27. The van der Waals surface area contributed by atoms with Crippen LogP contribution in [0.25, 0.3) is 0 Å². The normalized spacial score (nSPS) is 10.5. The fourth-order valence-electron chi connectivity index (χ4n) is 1.89. The summed E-state index contributed by atoms with van der Waals surface area (Å²) in [6, 6.07) is 6.72. The van der Waals surface area contributed by atoms with Crippen LogP contribution in [0.15, 0.2) is 33.4 Å². The number of halogens is 2. The molecule has 0 aliphatic heterocycles. The first-order chi connectivity index (χ1) is 8.99. The van der Waals surface area contributed by atoms with Gasteiger partial charge in [-0.05, 0) is 45.1 Å². The summed E-state index contributed by atoms with van der Waals surface area (Å²) < 4.78 is 14.8. The van der Waals surface area contributed by atoms with Gasteiger partial charge >= 0.3 is 0 Å². The lowest BCUT2D eigenvalue weighted by atomic mass is 10.1. The second-order valence-electron chi connectivity index (χ2n) is 4.16. The van der Waals surface area contributed by atoms with E-state index in [9.17, 15) is 4.39 Å². The Balaban J connectivity index is 2.31. The van der Waals surface area contributed by atoms with Crippen LogP contribution >= 0.6 is 27.3 Å². The number of amidine groups is 1. The molecule has 0 fully saturated rings. The van der Waals surface area contributed by atoms with Crippen molar-refractivity contribution in [3.63, 3.8) is 0 Å². The van der Waals surface area contributed by atoms with Gasteiger partial charge in [0.25, 0.3) is 0 Å². The van der Waals surface area contributed by atoms with Crippen LogP contribution in [-0.2, 0) is 6.54 Å². The Kier molecular flexibility index (Phi) is 4.21. The van der Waals surface area contributed by atoms with E-state index in [1.807, 2.05) is 23.4 Å². The highest BCUT2D eigenvalue weighted by molar-refractivity contribution is 9.11. The smallest absolute Gasteiger partial charge is 0.136 e. The van der Waals surface area contributed by atoms with E-state index in [1.54, 1.807) is 23.5 Å². The fourth-order valence-corrected chi connectivity index (χ4v) is 3.09. The SMILES string of the molecule is CN(Cc1csc(Br)c1)c1cccc(F)c1C(=N)N. The van der Waals surface area contributed by atoms with Crippen molar-refractivity contribution < 1.29 is 4.39 Å². The van der Waals surface area contributed by atoms with Crippen LogP contribution in [0.5, 0.6) is 0 Å². The van der Waals surface area contributed by atoms with Crippen LogP contribution in [0, 0.1) is 11.2 Å². The number of thiophene rings is 1. The summed E-state index contributed by atoms with van der Waals surface area (Å²) in [5.41, 5.74) is 7.36. The monoisotopic (exact) mass is 341 g/mol. The molecule has 2 rings (SSSR count). The molecule has 100 valence electrons. The first-order valence-corrected chi connectivity index (χ1v) is 7.23. The van der Waals surface area contributed by atoms with Gasteiger partial charge in [-0.15, -0.1) is 11.3 Å². The maximum absolute atomic E-state index is 13.8. The molecule has 1 heterocycles. The minimum Gasteiger partial charge on any atom is -0.384 e. The van der Waals surface area contributed by atoms with E-state index in [4.69, 9.17) is 11.1 Å². The molecule has 0 spiro atoms. The van der Waals surface area contributed by atoms with E-state index >= 15 is 0 Å². The van der Waals surface area contributed by atoms with Gasteiger partial charge in [-0.1, -0.05) is 6.07 Å². The Morgan fingerprint density at radius 3 is 2.84 bits per heavy atom. The van der Waals surface area contributed by atoms with Gasteiger partial charge < -0.3 is 10.6 Å². The van der Waals surface area contributed by atoms with Crippen LogP contribution in [0.2, 0.25) is 0 Å². The predicted molar refractivity (Wildman–Crippen MR) is 81.5 cm³/mol. The number of hydrogen-bond donors (Lipinski definition) is 2. The van der Waals surface area contributed by atoms with Gasteiger partial charge in [0.05, 0.1) is 15.0 Å². The molecule has 0 saturated carbocycles. The molecule has 0 aliphatic carbocycles. The number of rotatable bonds is 4. The zero-order valence-corrected chi connectivity index (χ0v) is 12.7. The first-order valence-electron chi connectivity index (χ1n) is 5.56. The Labute approximate surface area is 123 Å². The topological polar surface area (TPSA) is 53.1 Å². The highest BCUT2D eigenvalue weighted by Gasteiger charge is 2.15. The standard InChI is InChI=1S/C13H13BrFN3S/c1-18(6-8-5-11(14)19-7-8)10-4-2-3-9(15)12(10)13(16)17/h2-5,7H,6H2,1H3,(H3,16,17). The summed E-state index contributed by atoms with van der Waals surface area (Å²) in [5.74, 6) is -0.727. The lowest BCUT2D eigenvalue weighted by Gasteiger charge is -2.22. The maximum Gasteiger partial charge on any atom is 0.136 e. The summed E-state index contributed by atoms with van der Waals surface area (Å²) in [6.07, 6.45) is 0. The fraction of sp³-hybridized carbons (Fsp3) is 0.154. The predicted octanol–water partition coefficient (Wildman–Crippen LogP) is 3.57. The number of nitrogens with two attached hydrogens (primary N) is 1. The minimum absolute atomic E-state index is 0.152. The summed E-state index contributed by atoms with van der Waals surface area (Å²) in [7, 11) is 1.85. The van der Waals surface area contributed by atoms with E-state index in [2.05, 4.69) is 15.9 Å². The second kappa shape index (κ2) is 5.71. The third-order valence-electron chi connectivity index (χ3n) is 2.71. The molecule has 0 unspecified atom stereocenters. The quantitative estimate of drug-likeness (QED) is 0.659. The molecule has 0 atom stereocenters.